The van der Waals surface area contributed by atoms with Crippen LogP contribution in [0.25, 0.3) is 11.1 Å². The number of hydrogen-bond acceptors (Lipinski definition) is 5. The van der Waals surface area contributed by atoms with Crippen LogP contribution in [0.15, 0.2) is 66.3 Å². The van der Waals surface area contributed by atoms with Crippen molar-refractivity contribution in [3.05, 3.63) is 83.4 Å². The highest BCUT2D eigenvalue weighted by Gasteiger charge is 2.25. The number of rotatable bonds is 3. The van der Waals surface area contributed by atoms with Crippen LogP contribution in [0.5, 0.6) is 0 Å². The van der Waals surface area contributed by atoms with Crippen molar-refractivity contribution in [3.63, 3.8) is 0 Å². The number of likely N-dealkylation sites (N-methyl/N-ethyl adjacent to an activating group) is 1. The van der Waals surface area contributed by atoms with Gasteiger partial charge >= 0.3 is 0 Å². The van der Waals surface area contributed by atoms with E-state index in [4.69, 9.17) is 5.10 Å². The fourth-order valence-corrected chi connectivity index (χ4v) is 4.54. The third kappa shape index (κ3) is 4.04. The van der Waals surface area contributed by atoms with Crippen LogP contribution in [0.2, 0.25) is 0 Å². The van der Waals surface area contributed by atoms with Crippen molar-refractivity contribution < 1.29 is 4.79 Å². The highest BCUT2D eigenvalue weighted by Crippen LogP contribution is 2.26. The largest absolute Gasteiger partial charge is 0.367 e. The Bertz CT molecular complexity index is 1260. The van der Waals surface area contributed by atoms with E-state index in [1.807, 2.05) is 54.2 Å². The molecule has 0 N–H and O–H groups in total. The lowest BCUT2D eigenvalue weighted by molar-refractivity contribution is -0.122. The van der Waals surface area contributed by atoms with Crippen LogP contribution < -0.4 is 0 Å². The van der Waals surface area contributed by atoms with E-state index < -0.39 is 0 Å². The third-order valence-electron chi connectivity index (χ3n) is 6.63. The first-order valence-electron chi connectivity index (χ1n) is 11.6. The molecule has 0 aromatic carbocycles. The molecule has 1 fully saturated rings. The number of carbonyl (C=O) groups excluding carboxylic acids is 1. The van der Waals surface area contributed by atoms with Crippen molar-refractivity contribution in [2.75, 3.05) is 26.7 Å². The Morgan fingerprint density at radius 3 is 2.76 bits per heavy atom. The number of piperazine rings is 1. The van der Waals surface area contributed by atoms with E-state index in [0.717, 1.165) is 65.6 Å². The molecule has 2 aromatic rings. The lowest BCUT2D eigenvalue weighted by Gasteiger charge is -2.40. The molecule has 1 atom stereocenters. The lowest BCUT2D eigenvalue weighted by Crippen LogP contribution is -2.49. The quantitative estimate of drug-likeness (QED) is 0.730. The Morgan fingerprint density at radius 2 is 1.97 bits per heavy atom. The number of amides is 1. The molecule has 0 bridgehead atoms. The summed E-state index contributed by atoms with van der Waals surface area (Å²) in [6, 6.07) is 2.49. The van der Waals surface area contributed by atoms with Crippen molar-refractivity contribution in [1.82, 2.24) is 29.3 Å². The molecule has 5 rings (SSSR count). The number of aryl methyl sites for hydroxylation is 2. The SMILES string of the molecule is CCc1nc(C)cn2nc(C3=CC(=O)N4C=C(N5CCN(C)[C@H](C)C5)C=C/C4=C\C=C3)cc12. The van der Waals surface area contributed by atoms with E-state index in [-0.39, 0.29) is 5.91 Å². The molecular formula is C26H30N6O. The van der Waals surface area contributed by atoms with Crippen molar-refractivity contribution in [3.8, 4) is 0 Å². The van der Waals surface area contributed by atoms with Gasteiger partial charge in [0, 0.05) is 49.2 Å². The van der Waals surface area contributed by atoms with Gasteiger partial charge in [-0.3, -0.25) is 14.7 Å². The van der Waals surface area contributed by atoms with Crippen LogP contribution in [0.4, 0.5) is 0 Å². The molecule has 7 nitrogen and oxygen atoms in total. The number of aromatic nitrogens is 3. The normalized spacial score (nSPS) is 23.1. The Balaban J connectivity index is 1.47. The van der Waals surface area contributed by atoms with Crippen molar-refractivity contribution in [2.45, 2.75) is 33.2 Å². The standard InChI is InChI=1S/C26H30N6O/c1-5-23-25-14-24(28-32(25)15-18(2)27-23)20-7-6-8-21-9-10-22(17-31(21)26(33)13-20)30-12-11-29(4)19(3)16-30/h6-10,13-15,17,19H,5,11-12,16H2,1-4H3/b7-6?,20-13?,21-8+/t19-/m1/s1. The molecular weight excluding hydrogens is 412 g/mol. The summed E-state index contributed by atoms with van der Waals surface area (Å²) >= 11 is 0. The molecule has 3 aliphatic heterocycles. The molecule has 0 saturated carbocycles. The molecule has 0 unspecified atom stereocenters. The molecule has 7 heteroatoms. The molecule has 5 heterocycles. The fourth-order valence-electron chi connectivity index (χ4n) is 4.54. The minimum atomic E-state index is -0.0771. The van der Waals surface area contributed by atoms with Crippen LogP contribution >= 0.6 is 0 Å². The number of allylic oxidation sites excluding steroid dienone is 6. The van der Waals surface area contributed by atoms with Crippen molar-refractivity contribution >= 4 is 17.0 Å². The van der Waals surface area contributed by atoms with Gasteiger partial charge in [0.1, 0.15) is 0 Å². The molecule has 33 heavy (non-hydrogen) atoms. The van der Waals surface area contributed by atoms with Gasteiger partial charge < -0.3 is 9.80 Å². The smallest absolute Gasteiger partial charge is 0.255 e. The molecule has 0 aliphatic carbocycles. The van der Waals surface area contributed by atoms with Gasteiger partial charge in [0.05, 0.1) is 34.5 Å². The van der Waals surface area contributed by atoms with Crippen LogP contribution in [-0.4, -0.2) is 67.9 Å². The second-order valence-electron chi connectivity index (χ2n) is 8.96. The Hall–Kier alpha value is -3.45. The van der Waals surface area contributed by atoms with Crippen LogP contribution in [0, 0.1) is 6.92 Å². The average molecular weight is 443 g/mol. The molecule has 2 aromatic heterocycles. The van der Waals surface area contributed by atoms with Crippen molar-refractivity contribution in [1.29, 1.82) is 0 Å². The number of fused-ring (bicyclic) bond motifs is 2. The zero-order chi connectivity index (χ0) is 23.1. The maximum Gasteiger partial charge on any atom is 0.255 e. The minimum absolute atomic E-state index is 0.0771. The predicted octanol–water partition coefficient (Wildman–Crippen LogP) is 3.31. The number of carbonyl (C=O) groups is 1. The summed E-state index contributed by atoms with van der Waals surface area (Å²) in [5.74, 6) is -0.0771. The lowest BCUT2D eigenvalue weighted by atomic mass is 10.1. The first kappa shape index (κ1) is 21.4. The number of hydrogen-bond donors (Lipinski definition) is 0. The van der Waals surface area contributed by atoms with Gasteiger partial charge in [-0.15, -0.1) is 0 Å². The Morgan fingerprint density at radius 1 is 1.15 bits per heavy atom. The predicted molar refractivity (Wildman–Crippen MR) is 130 cm³/mol. The molecule has 0 radical (unpaired) electrons. The van der Waals surface area contributed by atoms with Gasteiger partial charge in [-0.1, -0.05) is 19.1 Å². The maximum atomic E-state index is 13.3. The second kappa shape index (κ2) is 8.48. The summed E-state index contributed by atoms with van der Waals surface area (Å²) in [4.78, 5) is 24.4. The summed E-state index contributed by atoms with van der Waals surface area (Å²) < 4.78 is 1.87. The zero-order valence-corrected chi connectivity index (χ0v) is 19.7. The first-order valence-corrected chi connectivity index (χ1v) is 11.6. The zero-order valence-electron chi connectivity index (χ0n) is 19.7. The highest BCUT2D eigenvalue weighted by molar-refractivity contribution is 5.99. The Kier molecular flexibility index (Phi) is 5.50. The van der Waals surface area contributed by atoms with Crippen molar-refractivity contribution in [2.24, 2.45) is 0 Å². The summed E-state index contributed by atoms with van der Waals surface area (Å²) in [6.45, 7) is 9.21. The molecule has 170 valence electrons. The van der Waals surface area contributed by atoms with Crippen LogP contribution in [0.1, 0.15) is 30.9 Å². The van der Waals surface area contributed by atoms with Gasteiger partial charge in [0.25, 0.3) is 5.91 Å². The molecule has 1 saturated heterocycles. The summed E-state index contributed by atoms with van der Waals surface area (Å²) in [7, 11) is 2.16. The fraction of sp³-hybridized carbons (Fsp3) is 0.346. The van der Waals surface area contributed by atoms with E-state index in [1.165, 1.54) is 0 Å². The molecule has 1 amide bonds. The minimum Gasteiger partial charge on any atom is -0.367 e. The van der Waals surface area contributed by atoms with Crippen LogP contribution in [-0.2, 0) is 11.2 Å². The van der Waals surface area contributed by atoms with Gasteiger partial charge in [-0.05, 0) is 51.6 Å². The van der Waals surface area contributed by atoms with E-state index >= 15 is 0 Å². The summed E-state index contributed by atoms with van der Waals surface area (Å²) in [5.41, 5.74) is 6.40. The monoisotopic (exact) mass is 442 g/mol. The second-order valence-corrected chi connectivity index (χ2v) is 8.96. The highest BCUT2D eigenvalue weighted by atomic mass is 16.2. The first-order chi connectivity index (χ1) is 15.9. The average Bonchev–Trinajstić information content (AvgIpc) is 3.22. The van der Waals surface area contributed by atoms with E-state index in [1.54, 1.807) is 11.0 Å². The van der Waals surface area contributed by atoms with E-state index in [2.05, 4.69) is 41.8 Å². The van der Waals surface area contributed by atoms with Crippen LogP contribution in [0.3, 0.4) is 0 Å². The number of nitrogens with zero attached hydrogens (tertiary/aromatic N) is 6. The maximum absolute atomic E-state index is 13.3. The molecule has 0 spiro atoms. The topological polar surface area (TPSA) is 57.0 Å². The van der Waals surface area contributed by atoms with Gasteiger partial charge in [-0.25, -0.2) is 4.52 Å². The Labute approximate surface area is 194 Å². The van der Waals surface area contributed by atoms with Gasteiger partial charge in [0.15, 0.2) is 0 Å². The van der Waals surface area contributed by atoms with Gasteiger partial charge in [0.2, 0.25) is 0 Å². The summed E-state index contributed by atoms with van der Waals surface area (Å²) in [6.07, 6.45) is 16.4. The van der Waals surface area contributed by atoms with Gasteiger partial charge in [-0.2, -0.15) is 5.10 Å². The van der Waals surface area contributed by atoms with E-state index in [0.29, 0.717) is 6.04 Å². The summed E-state index contributed by atoms with van der Waals surface area (Å²) in [5, 5.41) is 4.74. The third-order valence-corrected chi connectivity index (χ3v) is 6.63. The van der Waals surface area contributed by atoms with E-state index in [9.17, 15) is 4.79 Å². The molecule has 3 aliphatic rings.